The van der Waals surface area contributed by atoms with Gasteiger partial charge in [-0.15, -0.1) is 0 Å². The summed E-state index contributed by atoms with van der Waals surface area (Å²) in [7, 11) is 0. The molecule has 0 aromatic carbocycles. The second kappa shape index (κ2) is 9.34. The number of hydrogen-bond donors (Lipinski definition) is 4. The molecule has 2 amide bonds. The highest BCUT2D eigenvalue weighted by molar-refractivity contribution is 5.95. The second-order valence-electron chi connectivity index (χ2n) is 7.77. The van der Waals surface area contributed by atoms with Crippen LogP contribution >= 0.6 is 0 Å². The third-order valence-electron chi connectivity index (χ3n) is 5.49. The van der Waals surface area contributed by atoms with E-state index in [-0.39, 0.29) is 30.3 Å². The average molecular weight is 390 g/mol. The molecule has 2 fully saturated rings. The molecule has 0 spiro atoms. The van der Waals surface area contributed by atoms with E-state index in [1.54, 1.807) is 0 Å². The number of pyridine rings is 1. The van der Waals surface area contributed by atoms with Crippen molar-refractivity contribution in [3.8, 4) is 0 Å². The van der Waals surface area contributed by atoms with Crippen molar-refractivity contribution in [1.29, 1.82) is 0 Å². The second-order valence-corrected chi connectivity index (χ2v) is 7.77. The molecular weight excluding hydrogens is 358 g/mol. The lowest BCUT2D eigenvalue weighted by molar-refractivity contribution is 0.0927. The highest BCUT2D eigenvalue weighted by Gasteiger charge is 2.37. The molecule has 154 valence electrons. The zero-order valence-electron chi connectivity index (χ0n) is 16.9. The Kier molecular flexibility index (Phi) is 6.85. The number of amides is 2. The molecule has 8 heteroatoms. The summed E-state index contributed by atoms with van der Waals surface area (Å²) < 4.78 is 5.50. The number of aromatic nitrogens is 1. The molecule has 4 N–H and O–H groups in total. The SMILES string of the molecule is CCCNC(=O)O[C@H]1CC[C@@H](C2CC(NC(=O)c3ccc(C)nc3C)NN2)C1. The van der Waals surface area contributed by atoms with Gasteiger partial charge in [0.1, 0.15) is 6.10 Å². The van der Waals surface area contributed by atoms with Crippen LogP contribution in [0.3, 0.4) is 0 Å². The summed E-state index contributed by atoms with van der Waals surface area (Å²) in [5.41, 5.74) is 8.71. The zero-order valence-corrected chi connectivity index (χ0v) is 16.9. The fourth-order valence-electron chi connectivity index (χ4n) is 4.01. The highest BCUT2D eigenvalue weighted by Crippen LogP contribution is 2.32. The van der Waals surface area contributed by atoms with E-state index >= 15 is 0 Å². The Morgan fingerprint density at radius 3 is 2.79 bits per heavy atom. The summed E-state index contributed by atoms with van der Waals surface area (Å²) in [5, 5.41) is 5.78. The molecule has 3 rings (SSSR count). The van der Waals surface area contributed by atoms with E-state index in [1.165, 1.54) is 0 Å². The van der Waals surface area contributed by atoms with Crippen molar-refractivity contribution in [3.05, 3.63) is 29.1 Å². The van der Waals surface area contributed by atoms with Crippen LogP contribution in [-0.2, 0) is 4.74 Å². The third kappa shape index (κ3) is 5.20. The maximum Gasteiger partial charge on any atom is 0.407 e. The van der Waals surface area contributed by atoms with Crippen molar-refractivity contribution in [1.82, 2.24) is 26.5 Å². The smallest absolute Gasteiger partial charge is 0.407 e. The van der Waals surface area contributed by atoms with Gasteiger partial charge in [-0.2, -0.15) is 0 Å². The number of ether oxygens (including phenoxy) is 1. The maximum atomic E-state index is 12.5. The van der Waals surface area contributed by atoms with Crippen LogP contribution in [0.5, 0.6) is 0 Å². The summed E-state index contributed by atoms with van der Waals surface area (Å²) in [6.07, 6.45) is 3.94. The predicted molar refractivity (Wildman–Crippen MR) is 106 cm³/mol. The molecule has 28 heavy (non-hydrogen) atoms. The zero-order chi connectivity index (χ0) is 20.1. The van der Waals surface area contributed by atoms with Gasteiger partial charge in [-0.05, 0) is 64.0 Å². The standard InChI is InChI=1S/C20H31N5O3/c1-4-9-21-20(27)28-15-7-6-14(10-15)17-11-18(25-24-17)23-19(26)16-8-5-12(2)22-13(16)3/h5,8,14-15,17-18,24-25H,4,6-7,9-11H2,1-3H3,(H,21,27)(H,23,26)/t14-,15+,17?,18?/m1/s1. The monoisotopic (exact) mass is 389 g/mol. The van der Waals surface area contributed by atoms with Crippen molar-refractivity contribution in [3.63, 3.8) is 0 Å². The van der Waals surface area contributed by atoms with E-state index in [2.05, 4.69) is 26.5 Å². The summed E-state index contributed by atoms with van der Waals surface area (Å²) in [4.78, 5) is 28.6. The Balaban J connectivity index is 1.45. The number of nitrogens with one attached hydrogen (secondary N) is 4. The number of aryl methyl sites for hydroxylation is 2. The van der Waals surface area contributed by atoms with Crippen molar-refractivity contribution >= 4 is 12.0 Å². The van der Waals surface area contributed by atoms with Crippen LogP contribution in [0.4, 0.5) is 4.79 Å². The summed E-state index contributed by atoms with van der Waals surface area (Å²) in [5.74, 6) is 0.298. The van der Waals surface area contributed by atoms with Gasteiger partial charge >= 0.3 is 6.09 Å². The van der Waals surface area contributed by atoms with E-state index in [4.69, 9.17) is 4.74 Å². The first-order valence-electron chi connectivity index (χ1n) is 10.2. The number of carbonyl (C=O) groups excluding carboxylic acids is 2. The Morgan fingerprint density at radius 2 is 2.04 bits per heavy atom. The summed E-state index contributed by atoms with van der Waals surface area (Å²) >= 11 is 0. The topological polar surface area (TPSA) is 104 Å². The number of hydrogen-bond acceptors (Lipinski definition) is 6. The lowest BCUT2D eigenvalue weighted by atomic mass is 9.96. The number of carbonyl (C=O) groups is 2. The van der Waals surface area contributed by atoms with Gasteiger partial charge in [0.2, 0.25) is 0 Å². The fraction of sp³-hybridized carbons (Fsp3) is 0.650. The van der Waals surface area contributed by atoms with E-state index in [0.717, 1.165) is 43.5 Å². The molecular formula is C20H31N5O3. The van der Waals surface area contributed by atoms with Crippen molar-refractivity contribution in [2.24, 2.45) is 5.92 Å². The van der Waals surface area contributed by atoms with Gasteiger partial charge in [0.15, 0.2) is 0 Å². The number of alkyl carbamates (subject to hydrolysis) is 1. The Morgan fingerprint density at radius 1 is 1.21 bits per heavy atom. The molecule has 2 unspecified atom stereocenters. The molecule has 0 bridgehead atoms. The van der Waals surface area contributed by atoms with Crippen LogP contribution in [0.1, 0.15) is 60.8 Å². The lowest BCUT2D eigenvalue weighted by Crippen LogP contribution is -2.44. The van der Waals surface area contributed by atoms with E-state index < -0.39 is 0 Å². The molecule has 1 saturated carbocycles. The maximum absolute atomic E-state index is 12.5. The molecule has 0 radical (unpaired) electrons. The predicted octanol–water partition coefficient (Wildman–Crippen LogP) is 1.93. The first kappa shape index (κ1) is 20.5. The molecule has 4 atom stereocenters. The van der Waals surface area contributed by atoms with E-state index in [9.17, 15) is 9.59 Å². The summed E-state index contributed by atoms with van der Waals surface area (Å²) in [6, 6.07) is 3.91. The molecule has 2 heterocycles. The first-order valence-corrected chi connectivity index (χ1v) is 10.2. The Labute approximate surface area is 166 Å². The normalized spacial score (nSPS) is 26.8. The fourth-order valence-corrected chi connectivity index (χ4v) is 4.01. The largest absolute Gasteiger partial charge is 0.446 e. The number of nitrogens with zero attached hydrogens (tertiary/aromatic N) is 1. The van der Waals surface area contributed by atoms with Crippen LogP contribution < -0.4 is 21.5 Å². The quantitative estimate of drug-likeness (QED) is 0.593. The van der Waals surface area contributed by atoms with Crippen LogP contribution in [0.2, 0.25) is 0 Å². The Hall–Kier alpha value is -2.19. The van der Waals surface area contributed by atoms with Crippen molar-refractivity contribution in [2.75, 3.05) is 6.54 Å². The van der Waals surface area contributed by atoms with Gasteiger partial charge in [0.05, 0.1) is 17.4 Å². The number of hydrazine groups is 1. The summed E-state index contributed by atoms with van der Waals surface area (Å²) in [6.45, 7) is 6.41. The van der Waals surface area contributed by atoms with Crippen LogP contribution in [0, 0.1) is 19.8 Å². The van der Waals surface area contributed by atoms with Crippen LogP contribution in [-0.4, -0.2) is 41.8 Å². The van der Waals surface area contributed by atoms with Gasteiger partial charge in [-0.25, -0.2) is 10.2 Å². The molecule has 2 aliphatic rings. The molecule has 1 saturated heterocycles. The molecule has 1 aliphatic carbocycles. The van der Waals surface area contributed by atoms with Crippen molar-refractivity contribution in [2.45, 2.75) is 71.2 Å². The van der Waals surface area contributed by atoms with Crippen LogP contribution in [0.25, 0.3) is 0 Å². The van der Waals surface area contributed by atoms with Gasteiger partial charge in [0.25, 0.3) is 5.91 Å². The van der Waals surface area contributed by atoms with Gasteiger partial charge in [-0.3, -0.25) is 15.2 Å². The molecule has 1 aromatic heterocycles. The molecule has 1 aromatic rings. The lowest BCUT2D eigenvalue weighted by Gasteiger charge is -2.18. The van der Waals surface area contributed by atoms with Crippen molar-refractivity contribution < 1.29 is 14.3 Å². The minimum absolute atomic E-state index is 0.0291. The number of rotatable bonds is 6. The van der Waals surface area contributed by atoms with Gasteiger partial charge in [-0.1, -0.05) is 6.92 Å². The Bertz CT molecular complexity index is 711. The molecule has 8 nitrogen and oxygen atoms in total. The van der Waals surface area contributed by atoms with E-state index in [0.29, 0.717) is 18.0 Å². The first-order chi connectivity index (χ1) is 13.5. The highest BCUT2D eigenvalue weighted by atomic mass is 16.6. The third-order valence-corrected chi connectivity index (χ3v) is 5.49. The van der Waals surface area contributed by atoms with Crippen LogP contribution in [0.15, 0.2) is 12.1 Å². The van der Waals surface area contributed by atoms with Gasteiger partial charge < -0.3 is 15.4 Å². The minimum Gasteiger partial charge on any atom is -0.446 e. The average Bonchev–Trinajstić information content (AvgIpc) is 3.29. The minimum atomic E-state index is -0.322. The molecule has 1 aliphatic heterocycles. The van der Waals surface area contributed by atoms with Gasteiger partial charge in [0, 0.05) is 18.3 Å². The van der Waals surface area contributed by atoms with E-state index in [1.807, 2.05) is 32.9 Å².